The van der Waals surface area contributed by atoms with Crippen molar-refractivity contribution < 1.29 is 14.7 Å². The summed E-state index contributed by atoms with van der Waals surface area (Å²) in [4.78, 5) is 24.3. The number of aryl methyl sites for hydroxylation is 1. The van der Waals surface area contributed by atoms with E-state index < -0.39 is 5.60 Å². The second-order valence-corrected chi connectivity index (χ2v) is 5.61. The Labute approximate surface area is 124 Å². The molecule has 0 bridgehead atoms. The molecule has 0 fully saturated rings. The van der Waals surface area contributed by atoms with Crippen molar-refractivity contribution >= 4 is 11.6 Å². The molecule has 0 radical (unpaired) electrons. The first-order valence-corrected chi connectivity index (χ1v) is 6.78. The van der Waals surface area contributed by atoms with Gasteiger partial charge in [-0.3, -0.25) is 9.59 Å². The fourth-order valence-corrected chi connectivity index (χ4v) is 2.11. The van der Waals surface area contributed by atoms with Crippen molar-refractivity contribution in [3.05, 3.63) is 70.8 Å². The first kappa shape index (κ1) is 15.1. The van der Waals surface area contributed by atoms with Gasteiger partial charge in [0.2, 0.25) is 0 Å². The van der Waals surface area contributed by atoms with Gasteiger partial charge in [0, 0.05) is 16.7 Å². The molecule has 2 aromatic carbocycles. The van der Waals surface area contributed by atoms with Gasteiger partial charge in [0.25, 0.3) is 0 Å². The first-order valence-electron chi connectivity index (χ1n) is 6.78. The van der Waals surface area contributed by atoms with Gasteiger partial charge in [0.15, 0.2) is 11.6 Å². The largest absolute Gasteiger partial charge is 0.382 e. The number of carbonyl (C=O) groups is 2. The fraction of sp³-hybridized carbons (Fsp3) is 0.222. The van der Waals surface area contributed by atoms with Crippen LogP contribution in [0.25, 0.3) is 0 Å². The molecule has 2 rings (SSSR count). The molecular formula is C18H18O3. The molecule has 0 atom stereocenters. The Balaban J connectivity index is 2.30. The maximum atomic E-state index is 12.4. The van der Waals surface area contributed by atoms with Crippen molar-refractivity contribution in [1.29, 1.82) is 0 Å². The Kier molecular flexibility index (Phi) is 4.05. The van der Waals surface area contributed by atoms with E-state index in [2.05, 4.69) is 0 Å². The van der Waals surface area contributed by atoms with E-state index in [1.165, 1.54) is 13.8 Å². The topological polar surface area (TPSA) is 54.4 Å². The molecule has 0 heterocycles. The summed E-state index contributed by atoms with van der Waals surface area (Å²) in [7, 11) is 0. The number of aliphatic hydroxyl groups is 1. The van der Waals surface area contributed by atoms with Crippen LogP contribution in [0.1, 0.15) is 45.7 Å². The third-order valence-electron chi connectivity index (χ3n) is 3.35. The monoisotopic (exact) mass is 282 g/mol. The fourth-order valence-electron chi connectivity index (χ4n) is 2.11. The van der Waals surface area contributed by atoms with E-state index in [0.29, 0.717) is 16.7 Å². The molecular weight excluding hydrogens is 264 g/mol. The molecule has 0 spiro atoms. The SMILES string of the molecule is Cc1ccccc1C(=O)c1ccc(C(=O)C(C)(C)O)cc1. The van der Waals surface area contributed by atoms with Crippen molar-refractivity contribution in [1.82, 2.24) is 0 Å². The molecule has 3 nitrogen and oxygen atoms in total. The standard InChI is InChI=1S/C18H18O3/c1-12-6-4-5-7-15(12)16(19)13-8-10-14(11-9-13)17(20)18(2,3)21/h4-11,21H,1-3H3. The Bertz CT molecular complexity index is 676. The molecule has 21 heavy (non-hydrogen) atoms. The molecule has 0 aliphatic rings. The molecule has 0 aromatic heterocycles. The normalized spacial score (nSPS) is 11.2. The van der Waals surface area contributed by atoms with E-state index in [1.54, 1.807) is 30.3 Å². The van der Waals surface area contributed by atoms with Gasteiger partial charge >= 0.3 is 0 Å². The molecule has 0 saturated heterocycles. The summed E-state index contributed by atoms with van der Waals surface area (Å²) in [5.41, 5.74) is 1.07. The van der Waals surface area contributed by atoms with Crippen LogP contribution in [-0.2, 0) is 0 Å². The zero-order valence-corrected chi connectivity index (χ0v) is 12.4. The van der Waals surface area contributed by atoms with Crippen molar-refractivity contribution in [3.63, 3.8) is 0 Å². The van der Waals surface area contributed by atoms with Crippen LogP contribution < -0.4 is 0 Å². The molecule has 1 N–H and O–H groups in total. The van der Waals surface area contributed by atoms with Crippen LogP contribution in [0.2, 0.25) is 0 Å². The molecule has 0 saturated carbocycles. The van der Waals surface area contributed by atoms with Gasteiger partial charge in [-0.25, -0.2) is 0 Å². The molecule has 3 heteroatoms. The van der Waals surface area contributed by atoms with Crippen LogP contribution in [0.4, 0.5) is 0 Å². The average Bonchev–Trinajstić information content (AvgIpc) is 2.45. The van der Waals surface area contributed by atoms with Crippen LogP contribution in [0, 0.1) is 6.92 Å². The predicted octanol–water partition coefficient (Wildman–Crippen LogP) is 3.18. The smallest absolute Gasteiger partial charge is 0.193 e. The van der Waals surface area contributed by atoms with Gasteiger partial charge in [-0.1, -0.05) is 48.5 Å². The lowest BCUT2D eigenvalue weighted by molar-refractivity contribution is 0.0488. The number of rotatable bonds is 4. The summed E-state index contributed by atoms with van der Waals surface area (Å²) < 4.78 is 0. The lowest BCUT2D eigenvalue weighted by Crippen LogP contribution is -2.31. The maximum absolute atomic E-state index is 12.4. The molecule has 108 valence electrons. The Hall–Kier alpha value is -2.26. The minimum Gasteiger partial charge on any atom is -0.382 e. The van der Waals surface area contributed by atoms with Crippen molar-refractivity contribution in [2.45, 2.75) is 26.4 Å². The van der Waals surface area contributed by atoms with Crippen LogP contribution in [0.5, 0.6) is 0 Å². The van der Waals surface area contributed by atoms with E-state index in [0.717, 1.165) is 5.56 Å². The minimum absolute atomic E-state index is 0.0737. The number of hydrogen-bond acceptors (Lipinski definition) is 3. The van der Waals surface area contributed by atoms with E-state index in [-0.39, 0.29) is 11.6 Å². The molecule has 0 amide bonds. The number of hydrogen-bond donors (Lipinski definition) is 1. The summed E-state index contributed by atoms with van der Waals surface area (Å²) in [6.07, 6.45) is 0. The van der Waals surface area contributed by atoms with Crippen LogP contribution >= 0.6 is 0 Å². The van der Waals surface area contributed by atoms with E-state index in [1.807, 2.05) is 25.1 Å². The van der Waals surface area contributed by atoms with Crippen molar-refractivity contribution in [3.8, 4) is 0 Å². The second-order valence-electron chi connectivity index (χ2n) is 5.61. The minimum atomic E-state index is -1.42. The third-order valence-corrected chi connectivity index (χ3v) is 3.35. The van der Waals surface area contributed by atoms with Gasteiger partial charge < -0.3 is 5.11 Å². The highest BCUT2D eigenvalue weighted by atomic mass is 16.3. The van der Waals surface area contributed by atoms with Crippen LogP contribution in [0.15, 0.2) is 48.5 Å². The van der Waals surface area contributed by atoms with E-state index >= 15 is 0 Å². The lowest BCUT2D eigenvalue weighted by atomic mass is 9.94. The third kappa shape index (κ3) is 3.26. The highest BCUT2D eigenvalue weighted by Gasteiger charge is 2.25. The quantitative estimate of drug-likeness (QED) is 0.876. The summed E-state index contributed by atoms with van der Waals surface area (Å²) in [6, 6.07) is 13.8. The molecule has 0 unspecified atom stereocenters. The number of carbonyl (C=O) groups excluding carboxylic acids is 2. The summed E-state index contributed by atoms with van der Waals surface area (Å²) >= 11 is 0. The van der Waals surface area contributed by atoms with Gasteiger partial charge in [-0.15, -0.1) is 0 Å². The van der Waals surface area contributed by atoms with Crippen LogP contribution in [0.3, 0.4) is 0 Å². The second kappa shape index (κ2) is 5.62. The van der Waals surface area contributed by atoms with Gasteiger partial charge in [-0.05, 0) is 26.3 Å². The predicted molar refractivity (Wildman–Crippen MR) is 81.7 cm³/mol. The average molecular weight is 282 g/mol. The zero-order chi connectivity index (χ0) is 15.6. The van der Waals surface area contributed by atoms with E-state index in [4.69, 9.17) is 0 Å². The molecule has 0 aliphatic heterocycles. The Morgan fingerprint density at radius 2 is 1.43 bits per heavy atom. The maximum Gasteiger partial charge on any atom is 0.193 e. The van der Waals surface area contributed by atoms with E-state index in [9.17, 15) is 14.7 Å². The molecule has 0 aliphatic carbocycles. The van der Waals surface area contributed by atoms with Gasteiger partial charge in [0.05, 0.1) is 0 Å². The Morgan fingerprint density at radius 3 is 1.95 bits per heavy atom. The number of ketones is 2. The van der Waals surface area contributed by atoms with Crippen LogP contribution in [-0.4, -0.2) is 22.3 Å². The number of benzene rings is 2. The van der Waals surface area contributed by atoms with Crippen molar-refractivity contribution in [2.75, 3.05) is 0 Å². The summed E-state index contributed by atoms with van der Waals surface area (Å²) in [5, 5.41) is 9.72. The lowest BCUT2D eigenvalue weighted by Gasteiger charge is -2.15. The zero-order valence-electron chi connectivity index (χ0n) is 12.4. The summed E-state index contributed by atoms with van der Waals surface area (Å²) in [5.74, 6) is -0.437. The highest BCUT2D eigenvalue weighted by Crippen LogP contribution is 2.17. The molecule has 2 aromatic rings. The first-order chi connectivity index (χ1) is 9.80. The van der Waals surface area contributed by atoms with Gasteiger partial charge in [-0.2, -0.15) is 0 Å². The van der Waals surface area contributed by atoms with Gasteiger partial charge in [0.1, 0.15) is 5.60 Å². The highest BCUT2D eigenvalue weighted by molar-refractivity contribution is 6.10. The van der Waals surface area contributed by atoms with Crippen molar-refractivity contribution in [2.24, 2.45) is 0 Å². The number of Topliss-reactive ketones (excluding diaryl/α,β-unsaturated/α-hetero) is 1. The Morgan fingerprint density at radius 1 is 0.905 bits per heavy atom. The summed E-state index contributed by atoms with van der Waals surface area (Å²) in [6.45, 7) is 4.78.